The van der Waals surface area contributed by atoms with Gasteiger partial charge in [-0.2, -0.15) is 0 Å². The number of halogens is 1. The minimum atomic E-state index is 0.133. The van der Waals surface area contributed by atoms with Crippen molar-refractivity contribution in [2.24, 2.45) is 0 Å². The molecule has 0 bridgehead atoms. The summed E-state index contributed by atoms with van der Waals surface area (Å²) in [6.45, 7) is 0.829. The number of para-hydroxylation sites is 1. The lowest BCUT2D eigenvalue weighted by atomic mass is 10.1. The first kappa shape index (κ1) is 11.2. The lowest BCUT2D eigenvalue weighted by molar-refractivity contribution is 0.0738. The van der Waals surface area contributed by atoms with Gasteiger partial charge in [-0.1, -0.05) is 12.1 Å². The Morgan fingerprint density at radius 3 is 3.05 bits per heavy atom. The first-order chi connectivity index (χ1) is 9.27. The molecule has 96 valence electrons. The van der Waals surface area contributed by atoms with Crippen LogP contribution in [0.5, 0.6) is 0 Å². The second kappa shape index (κ2) is 3.93. The number of rotatable bonds is 0. The van der Waals surface area contributed by atoms with Gasteiger partial charge in [0.25, 0.3) is 5.91 Å². The third kappa shape index (κ3) is 1.45. The van der Waals surface area contributed by atoms with E-state index in [-0.39, 0.29) is 11.9 Å². The van der Waals surface area contributed by atoms with E-state index in [0.717, 1.165) is 40.9 Å². The van der Waals surface area contributed by atoms with E-state index in [2.05, 4.69) is 20.9 Å². The molecule has 1 atom stereocenters. The van der Waals surface area contributed by atoms with Gasteiger partial charge < -0.3 is 4.90 Å². The minimum absolute atomic E-state index is 0.133. The molecule has 1 saturated heterocycles. The summed E-state index contributed by atoms with van der Waals surface area (Å²) in [5, 5.41) is 0. The normalized spacial score (nSPS) is 20.8. The third-order valence-corrected chi connectivity index (χ3v) is 4.59. The second-order valence-corrected chi connectivity index (χ2v) is 5.72. The Morgan fingerprint density at radius 2 is 2.16 bits per heavy atom. The largest absolute Gasteiger partial charge is 0.330 e. The number of imidazole rings is 1. The van der Waals surface area contributed by atoms with E-state index in [0.29, 0.717) is 0 Å². The molecule has 0 unspecified atom stereocenters. The number of hydrogen-bond acceptors (Lipinski definition) is 2. The van der Waals surface area contributed by atoms with Crippen molar-refractivity contribution >= 4 is 21.8 Å². The van der Waals surface area contributed by atoms with Crippen molar-refractivity contribution in [1.82, 2.24) is 14.5 Å². The topological polar surface area (TPSA) is 38.1 Å². The van der Waals surface area contributed by atoms with E-state index >= 15 is 0 Å². The van der Waals surface area contributed by atoms with Crippen molar-refractivity contribution in [3.8, 4) is 5.69 Å². The standard InChI is InChI=1S/C14H12BrN3O/c15-13-12-11-6-3-7-17(11)14(19)9-4-1-2-5-10(9)18(12)8-16-13/h1-2,4-5,8,11H,3,6-7H2/t11-/m0/s1. The zero-order valence-electron chi connectivity index (χ0n) is 10.2. The number of hydrogen-bond donors (Lipinski definition) is 0. The maximum absolute atomic E-state index is 12.7. The first-order valence-corrected chi connectivity index (χ1v) is 7.20. The molecular weight excluding hydrogens is 306 g/mol. The Hall–Kier alpha value is -1.62. The Bertz CT molecular complexity index is 679. The molecule has 0 spiro atoms. The van der Waals surface area contributed by atoms with Gasteiger partial charge in [-0.05, 0) is 40.9 Å². The number of carbonyl (C=O) groups excluding carboxylic acids is 1. The van der Waals surface area contributed by atoms with Crippen molar-refractivity contribution in [3.63, 3.8) is 0 Å². The highest BCUT2D eigenvalue weighted by Crippen LogP contribution is 2.40. The number of benzene rings is 1. The summed E-state index contributed by atoms with van der Waals surface area (Å²) < 4.78 is 2.89. The van der Waals surface area contributed by atoms with Crippen LogP contribution in [0.2, 0.25) is 0 Å². The van der Waals surface area contributed by atoms with Crippen LogP contribution in [0.25, 0.3) is 5.69 Å². The molecule has 0 radical (unpaired) electrons. The molecule has 4 rings (SSSR count). The van der Waals surface area contributed by atoms with Crippen molar-refractivity contribution in [2.75, 3.05) is 6.54 Å². The summed E-state index contributed by atoms with van der Waals surface area (Å²) >= 11 is 3.53. The quantitative estimate of drug-likeness (QED) is 0.749. The fourth-order valence-electron chi connectivity index (χ4n) is 3.14. The minimum Gasteiger partial charge on any atom is -0.330 e. The van der Waals surface area contributed by atoms with Crippen LogP contribution in [0.4, 0.5) is 0 Å². The highest BCUT2D eigenvalue weighted by atomic mass is 79.9. The average molecular weight is 318 g/mol. The van der Waals surface area contributed by atoms with Crippen molar-refractivity contribution in [2.45, 2.75) is 18.9 Å². The molecule has 2 aliphatic rings. The van der Waals surface area contributed by atoms with Gasteiger partial charge in [0.2, 0.25) is 0 Å². The van der Waals surface area contributed by atoms with Gasteiger partial charge in [-0.25, -0.2) is 4.98 Å². The predicted molar refractivity (Wildman–Crippen MR) is 74.3 cm³/mol. The van der Waals surface area contributed by atoms with Gasteiger partial charge in [0.1, 0.15) is 10.9 Å². The Morgan fingerprint density at radius 1 is 1.32 bits per heavy atom. The van der Waals surface area contributed by atoms with Crippen LogP contribution in [0.15, 0.2) is 35.2 Å². The van der Waals surface area contributed by atoms with Gasteiger partial charge in [0, 0.05) is 6.54 Å². The monoisotopic (exact) mass is 317 g/mol. The van der Waals surface area contributed by atoms with Crippen LogP contribution >= 0.6 is 15.9 Å². The molecule has 2 aromatic rings. The molecule has 19 heavy (non-hydrogen) atoms. The molecule has 0 N–H and O–H groups in total. The van der Waals surface area contributed by atoms with Crippen molar-refractivity contribution in [1.29, 1.82) is 0 Å². The smallest absolute Gasteiger partial charge is 0.256 e. The van der Waals surface area contributed by atoms with E-state index < -0.39 is 0 Å². The molecule has 4 nitrogen and oxygen atoms in total. The molecular formula is C14H12BrN3O. The molecule has 1 fully saturated rings. The summed E-state index contributed by atoms with van der Waals surface area (Å²) in [5.41, 5.74) is 2.78. The summed E-state index contributed by atoms with van der Waals surface area (Å²) in [5.74, 6) is 0.133. The number of amides is 1. The van der Waals surface area contributed by atoms with E-state index in [1.807, 2.05) is 33.7 Å². The summed E-state index contributed by atoms with van der Waals surface area (Å²) in [6, 6.07) is 7.89. The van der Waals surface area contributed by atoms with Crippen molar-refractivity contribution in [3.05, 3.63) is 46.5 Å². The van der Waals surface area contributed by atoms with Crippen LogP contribution in [0, 0.1) is 0 Å². The van der Waals surface area contributed by atoms with Crippen LogP contribution < -0.4 is 0 Å². The van der Waals surface area contributed by atoms with Crippen LogP contribution in [-0.4, -0.2) is 26.9 Å². The van der Waals surface area contributed by atoms with Gasteiger partial charge in [-0.3, -0.25) is 9.36 Å². The number of nitrogens with zero attached hydrogens (tertiary/aromatic N) is 3. The highest BCUT2D eigenvalue weighted by molar-refractivity contribution is 9.10. The zero-order valence-corrected chi connectivity index (χ0v) is 11.8. The summed E-state index contributed by atoms with van der Waals surface area (Å²) in [7, 11) is 0. The molecule has 0 aliphatic carbocycles. The van der Waals surface area contributed by atoms with Crippen LogP contribution in [0.1, 0.15) is 34.9 Å². The molecule has 5 heteroatoms. The Balaban J connectivity index is 2.06. The van der Waals surface area contributed by atoms with E-state index in [1.165, 1.54) is 0 Å². The molecule has 1 aromatic carbocycles. The Kier molecular flexibility index (Phi) is 2.33. The molecule has 1 aromatic heterocycles. The lowest BCUT2D eigenvalue weighted by Gasteiger charge is -2.22. The predicted octanol–water partition coefficient (Wildman–Crippen LogP) is 2.93. The van der Waals surface area contributed by atoms with Crippen LogP contribution in [-0.2, 0) is 0 Å². The van der Waals surface area contributed by atoms with Crippen molar-refractivity contribution < 1.29 is 4.79 Å². The molecule has 2 aliphatic heterocycles. The third-order valence-electron chi connectivity index (χ3n) is 3.98. The molecule has 1 amide bonds. The second-order valence-electron chi connectivity index (χ2n) is 4.96. The molecule has 3 heterocycles. The average Bonchev–Trinajstić information content (AvgIpc) is 3.02. The van der Waals surface area contributed by atoms with Crippen LogP contribution in [0.3, 0.4) is 0 Å². The SMILES string of the molecule is O=C1c2ccccc2-n2cnc(Br)c2[C@@H]2CCCN12. The molecule has 0 saturated carbocycles. The number of carbonyl (C=O) groups is 1. The fraction of sp³-hybridized carbons (Fsp3) is 0.286. The van der Waals surface area contributed by atoms with E-state index in [9.17, 15) is 4.79 Å². The van der Waals surface area contributed by atoms with Gasteiger partial charge in [0.05, 0.1) is 23.0 Å². The lowest BCUT2D eigenvalue weighted by Crippen LogP contribution is -2.29. The number of fused-ring (bicyclic) bond motifs is 5. The highest BCUT2D eigenvalue weighted by Gasteiger charge is 2.38. The zero-order chi connectivity index (χ0) is 13.0. The Labute approximate surface area is 119 Å². The van der Waals surface area contributed by atoms with E-state index in [4.69, 9.17) is 0 Å². The van der Waals surface area contributed by atoms with Gasteiger partial charge >= 0.3 is 0 Å². The summed E-state index contributed by atoms with van der Waals surface area (Å²) in [6.07, 6.45) is 3.85. The first-order valence-electron chi connectivity index (χ1n) is 6.40. The van der Waals surface area contributed by atoms with Gasteiger partial charge in [-0.15, -0.1) is 0 Å². The van der Waals surface area contributed by atoms with Gasteiger partial charge in [0.15, 0.2) is 0 Å². The maximum Gasteiger partial charge on any atom is 0.256 e. The maximum atomic E-state index is 12.7. The number of aromatic nitrogens is 2. The van der Waals surface area contributed by atoms with E-state index in [1.54, 1.807) is 6.33 Å². The summed E-state index contributed by atoms with van der Waals surface area (Å²) in [4.78, 5) is 19.0. The fourth-order valence-corrected chi connectivity index (χ4v) is 3.69.